The highest BCUT2D eigenvalue weighted by atomic mass is 16.5. The summed E-state index contributed by atoms with van der Waals surface area (Å²) in [6.07, 6.45) is 4.38. The van der Waals surface area contributed by atoms with Gasteiger partial charge in [-0.3, -0.25) is 4.79 Å². The Hall–Kier alpha value is -1.77. The second-order valence-corrected chi connectivity index (χ2v) is 5.64. The van der Waals surface area contributed by atoms with Crippen LogP contribution in [0.2, 0.25) is 0 Å². The minimum Gasteiger partial charge on any atom is -0.491 e. The van der Waals surface area contributed by atoms with Gasteiger partial charge in [0, 0.05) is 28.7 Å². The second-order valence-electron chi connectivity index (χ2n) is 5.64. The van der Waals surface area contributed by atoms with Crippen molar-refractivity contribution in [2.45, 2.75) is 59.6 Å². The summed E-state index contributed by atoms with van der Waals surface area (Å²) in [5, 5.41) is 0.999. The fraction of sp³-hybridized carbons (Fsp3) is 0.500. The Morgan fingerprint density at radius 3 is 2.71 bits per heavy atom. The van der Waals surface area contributed by atoms with Crippen molar-refractivity contribution in [3.8, 4) is 5.75 Å². The number of hydrogen-bond acceptors (Lipinski definition) is 2. The number of hydrogen-bond donors (Lipinski definition) is 0. The van der Waals surface area contributed by atoms with E-state index in [2.05, 4.69) is 31.4 Å². The number of ether oxygens (including phenoxy) is 1. The van der Waals surface area contributed by atoms with Crippen molar-refractivity contribution < 1.29 is 9.53 Å². The van der Waals surface area contributed by atoms with E-state index >= 15 is 0 Å². The van der Waals surface area contributed by atoms with Gasteiger partial charge in [0.25, 0.3) is 0 Å². The van der Waals surface area contributed by atoms with E-state index in [1.807, 2.05) is 19.1 Å². The molecule has 0 N–H and O–H groups in total. The number of carbonyl (C=O) groups excluding carboxylic acids is 1. The molecular formula is C18H25NO2. The summed E-state index contributed by atoms with van der Waals surface area (Å²) in [6.45, 7) is 9.32. The van der Waals surface area contributed by atoms with Crippen LogP contribution < -0.4 is 4.74 Å². The average molecular weight is 287 g/mol. The van der Waals surface area contributed by atoms with Gasteiger partial charge < -0.3 is 9.30 Å². The zero-order valence-electron chi connectivity index (χ0n) is 13.5. The summed E-state index contributed by atoms with van der Waals surface area (Å²) in [6, 6.07) is 6.08. The van der Waals surface area contributed by atoms with E-state index in [4.69, 9.17) is 4.74 Å². The quantitative estimate of drug-likeness (QED) is 0.689. The van der Waals surface area contributed by atoms with Gasteiger partial charge in [0.15, 0.2) is 6.29 Å². The summed E-state index contributed by atoms with van der Waals surface area (Å²) in [4.78, 5) is 11.5. The molecule has 114 valence electrons. The maximum atomic E-state index is 11.5. The van der Waals surface area contributed by atoms with Crippen LogP contribution in [0.15, 0.2) is 18.2 Å². The molecule has 1 heterocycles. The van der Waals surface area contributed by atoms with E-state index in [1.54, 1.807) is 0 Å². The van der Waals surface area contributed by atoms with Crippen molar-refractivity contribution >= 4 is 17.2 Å². The largest absolute Gasteiger partial charge is 0.491 e. The zero-order valence-corrected chi connectivity index (χ0v) is 13.5. The molecule has 1 aromatic carbocycles. The molecular weight excluding hydrogens is 262 g/mol. The van der Waals surface area contributed by atoms with Crippen LogP contribution in [0.25, 0.3) is 10.9 Å². The molecule has 0 fully saturated rings. The van der Waals surface area contributed by atoms with Gasteiger partial charge in [-0.2, -0.15) is 0 Å². The first kappa shape index (κ1) is 15.6. The van der Waals surface area contributed by atoms with Crippen molar-refractivity contribution in [2.75, 3.05) is 0 Å². The van der Waals surface area contributed by atoms with Crippen LogP contribution in [0.4, 0.5) is 0 Å². The van der Waals surface area contributed by atoms with Crippen LogP contribution in [0.3, 0.4) is 0 Å². The van der Waals surface area contributed by atoms with Crippen LogP contribution in [-0.2, 0) is 6.54 Å². The number of aldehydes is 1. The van der Waals surface area contributed by atoms with Crippen molar-refractivity contribution in [1.29, 1.82) is 0 Å². The molecule has 3 heteroatoms. The molecule has 0 aliphatic heterocycles. The van der Waals surface area contributed by atoms with Crippen molar-refractivity contribution in [3.05, 3.63) is 29.5 Å². The Morgan fingerprint density at radius 2 is 2.10 bits per heavy atom. The molecule has 0 bridgehead atoms. The molecule has 0 unspecified atom stereocenters. The lowest BCUT2D eigenvalue weighted by Gasteiger charge is -2.13. The molecule has 1 aromatic heterocycles. The number of rotatable bonds is 7. The first-order chi connectivity index (χ1) is 10.1. The molecule has 0 amide bonds. The van der Waals surface area contributed by atoms with Crippen molar-refractivity contribution in [3.63, 3.8) is 0 Å². The number of aromatic nitrogens is 1. The van der Waals surface area contributed by atoms with E-state index < -0.39 is 0 Å². The fourth-order valence-electron chi connectivity index (χ4n) is 2.63. The van der Waals surface area contributed by atoms with Gasteiger partial charge in [0.05, 0.1) is 6.10 Å². The van der Waals surface area contributed by atoms with E-state index in [-0.39, 0.29) is 6.10 Å². The van der Waals surface area contributed by atoms with E-state index in [0.717, 1.165) is 60.0 Å². The minimum absolute atomic E-state index is 0.186. The normalized spacial score (nSPS) is 12.6. The van der Waals surface area contributed by atoms with Gasteiger partial charge >= 0.3 is 0 Å². The van der Waals surface area contributed by atoms with Gasteiger partial charge in [-0.25, -0.2) is 0 Å². The van der Waals surface area contributed by atoms with Crippen molar-refractivity contribution in [1.82, 2.24) is 4.57 Å². The monoisotopic (exact) mass is 287 g/mol. The highest BCUT2D eigenvalue weighted by molar-refractivity contribution is 6.00. The Balaban J connectivity index is 2.48. The number of fused-ring (bicyclic) bond motifs is 1. The molecule has 2 rings (SSSR count). The molecule has 0 saturated heterocycles. The van der Waals surface area contributed by atoms with Crippen LogP contribution in [0.5, 0.6) is 5.75 Å². The smallest absolute Gasteiger partial charge is 0.152 e. The lowest BCUT2D eigenvalue weighted by molar-refractivity contribution is 0.112. The Labute approximate surface area is 126 Å². The Kier molecular flexibility index (Phi) is 5.05. The van der Waals surface area contributed by atoms with Gasteiger partial charge in [-0.05, 0) is 44.9 Å². The average Bonchev–Trinajstić information content (AvgIpc) is 2.75. The third kappa shape index (κ3) is 3.12. The van der Waals surface area contributed by atoms with Crippen molar-refractivity contribution in [2.24, 2.45) is 0 Å². The lowest BCUT2D eigenvalue weighted by Crippen LogP contribution is -2.09. The number of aryl methyl sites for hydroxylation is 1. The van der Waals surface area contributed by atoms with Crippen LogP contribution in [0.1, 0.15) is 56.1 Å². The summed E-state index contributed by atoms with van der Waals surface area (Å²) in [5.74, 6) is 0.840. The lowest BCUT2D eigenvalue weighted by atomic mass is 10.1. The number of nitrogens with zero attached hydrogens (tertiary/aromatic N) is 1. The van der Waals surface area contributed by atoms with Gasteiger partial charge in [0.2, 0.25) is 0 Å². The molecule has 2 aromatic rings. The number of benzene rings is 1. The third-order valence-electron chi connectivity index (χ3n) is 4.11. The van der Waals surface area contributed by atoms with E-state index in [9.17, 15) is 4.79 Å². The topological polar surface area (TPSA) is 31.2 Å². The molecule has 0 spiro atoms. The molecule has 21 heavy (non-hydrogen) atoms. The molecule has 3 nitrogen and oxygen atoms in total. The third-order valence-corrected chi connectivity index (χ3v) is 4.11. The fourth-order valence-corrected chi connectivity index (χ4v) is 2.63. The van der Waals surface area contributed by atoms with Gasteiger partial charge in [-0.15, -0.1) is 0 Å². The number of carbonyl (C=O) groups is 1. The predicted octanol–water partition coefficient (Wildman–Crippen LogP) is 4.74. The second kappa shape index (κ2) is 6.79. The highest BCUT2D eigenvalue weighted by Gasteiger charge is 2.14. The Bertz CT molecular complexity index is 628. The summed E-state index contributed by atoms with van der Waals surface area (Å²) < 4.78 is 8.12. The standard InChI is InChI=1S/C18H25NO2/c1-5-7-10-19-14(4)17(12-20)16-11-15(8-9-18(16)19)21-13(3)6-2/h8-9,11-13H,5-7,10H2,1-4H3/t13-/m0/s1. The van der Waals surface area contributed by atoms with E-state index in [1.165, 1.54) is 0 Å². The maximum absolute atomic E-state index is 11.5. The Morgan fingerprint density at radius 1 is 1.33 bits per heavy atom. The van der Waals surface area contributed by atoms with Gasteiger partial charge in [-0.1, -0.05) is 20.3 Å². The molecule has 0 radical (unpaired) electrons. The minimum atomic E-state index is 0.186. The number of unbranched alkanes of at least 4 members (excludes halogenated alkanes) is 1. The maximum Gasteiger partial charge on any atom is 0.152 e. The first-order valence-electron chi connectivity index (χ1n) is 7.87. The van der Waals surface area contributed by atoms with Gasteiger partial charge in [0.1, 0.15) is 5.75 Å². The summed E-state index contributed by atoms with van der Waals surface area (Å²) in [7, 11) is 0. The highest BCUT2D eigenvalue weighted by Crippen LogP contribution is 2.29. The van der Waals surface area contributed by atoms with Crippen LogP contribution in [-0.4, -0.2) is 17.0 Å². The molecule has 0 aliphatic rings. The van der Waals surface area contributed by atoms with E-state index in [0.29, 0.717) is 0 Å². The predicted molar refractivity (Wildman–Crippen MR) is 87.4 cm³/mol. The summed E-state index contributed by atoms with van der Waals surface area (Å²) >= 11 is 0. The van der Waals surface area contributed by atoms with Crippen LogP contribution >= 0.6 is 0 Å². The molecule has 1 atom stereocenters. The molecule has 0 aliphatic carbocycles. The SMILES string of the molecule is CCCCn1c(C)c(C=O)c2cc(O[C@@H](C)CC)ccc21. The zero-order chi connectivity index (χ0) is 15.4. The molecule has 0 saturated carbocycles. The summed E-state index contributed by atoms with van der Waals surface area (Å²) in [5.41, 5.74) is 2.96. The first-order valence-corrected chi connectivity index (χ1v) is 7.87. The van der Waals surface area contributed by atoms with Crippen LogP contribution in [0, 0.1) is 6.92 Å².